The van der Waals surface area contributed by atoms with Gasteiger partial charge >= 0.3 is 6.18 Å². The van der Waals surface area contributed by atoms with E-state index in [0.29, 0.717) is 0 Å². The summed E-state index contributed by atoms with van der Waals surface area (Å²) >= 11 is 5.42. The van der Waals surface area contributed by atoms with Crippen LogP contribution in [-0.2, 0) is 0 Å². The second-order valence-corrected chi connectivity index (χ2v) is 3.90. The molecule has 2 N–H and O–H groups in total. The van der Waals surface area contributed by atoms with Gasteiger partial charge in [0.2, 0.25) is 6.10 Å². The molecule has 0 bridgehead atoms. The molecule has 0 saturated heterocycles. The van der Waals surface area contributed by atoms with Crippen molar-refractivity contribution in [3.8, 4) is 5.75 Å². The molecule has 0 heterocycles. The first-order chi connectivity index (χ1) is 7.73. The van der Waals surface area contributed by atoms with Gasteiger partial charge in [0.05, 0.1) is 5.02 Å². The van der Waals surface area contributed by atoms with E-state index in [-0.39, 0.29) is 5.02 Å². The van der Waals surface area contributed by atoms with Crippen molar-refractivity contribution in [1.29, 1.82) is 0 Å². The molecular weight excluding hydrogens is 262 g/mol. The van der Waals surface area contributed by atoms with E-state index in [1.807, 2.05) is 0 Å². The quantitative estimate of drug-likeness (QED) is 0.857. The van der Waals surface area contributed by atoms with Crippen molar-refractivity contribution in [3.05, 3.63) is 29.0 Å². The SMILES string of the molecule is CC(N)C(Oc1cccc(Cl)c1F)C(F)(F)F. The summed E-state index contributed by atoms with van der Waals surface area (Å²) in [4.78, 5) is 0. The minimum absolute atomic E-state index is 0.312. The molecular formula is C10H10ClF4NO. The highest BCUT2D eigenvalue weighted by molar-refractivity contribution is 6.30. The molecule has 0 aromatic heterocycles. The lowest BCUT2D eigenvalue weighted by Gasteiger charge is -2.24. The average molecular weight is 272 g/mol. The van der Waals surface area contributed by atoms with Crippen LogP contribution in [0.5, 0.6) is 5.75 Å². The molecule has 1 aromatic rings. The number of alkyl halides is 3. The Hall–Kier alpha value is -1.01. The lowest BCUT2D eigenvalue weighted by atomic mass is 10.2. The Balaban J connectivity index is 2.99. The van der Waals surface area contributed by atoms with Gasteiger partial charge in [-0.25, -0.2) is 4.39 Å². The fourth-order valence-corrected chi connectivity index (χ4v) is 1.35. The first-order valence-corrected chi connectivity index (χ1v) is 5.04. The predicted molar refractivity (Wildman–Crippen MR) is 55.5 cm³/mol. The lowest BCUT2D eigenvalue weighted by Crippen LogP contribution is -2.47. The highest BCUT2D eigenvalue weighted by Crippen LogP contribution is 2.30. The number of ether oxygens (including phenoxy) is 1. The van der Waals surface area contributed by atoms with Gasteiger partial charge in [0.25, 0.3) is 0 Å². The van der Waals surface area contributed by atoms with Crippen molar-refractivity contribution in [1.82, 2.24) is 0 Å². The molecule has 0 spiro atoms. The van der Waals surface area contributed by atoms with Crippen LogP contribution in [0.4, 0.5) is 17.6 Å². The van der Waals surface area contributed by atoms with Crippen LogP contribution in [0.1, 0.15) is 6.92 Å². The summed E-state index contributed by atoms with van der Waals surface area (Å²) in [6, 6.07) is 2.23. The number of hydrogen-bond donors (Lipinski definition) is 1. The zero-order valence-electron chi connectivity index (χ0n) is 8.76. The summed E-state index contributed by atoms with van der Waals surface area (Å²) in [5.74, 6) is -1.61. The van der Waals surface area contributed by atoms with Crippen molar-refractivity contribution in [3.63, 3.8) is 0 Å². The summed E-state index contributed by atoms with van der Waals surface area (Å²) in [6.07, 6.45) is -6.96. The predicted octanol–water partition coefficient (Wildman–Crippen LogP) is 3.14. The minimum Gasteiger partial charge on any atom is -0.476 e. The monoisotopic (exact) mass is 271 g/mol. The Morgan fingerprint density at radius 1 is 1.35 bits per heavy atom. The fourth-order valence-electron chi connectivity index (χ4n) is 1.18. The minimum atomic E-state index is -4.68. The van der Waals surface area contributed by atoms with Gasteiger partial charge in [0, 0.05) is 6.04 Å². The maximum Gasteiger partial charge on any atom is 0.426 e. The first kappa shape index (κ1) is 14.1. The van der Waals surface area contributed by atoms with Crippen molar-refractivity contribution < 1.29 is 22.3 Å². The van der Waals surface area contributed by atoms with Crippen LogP contribution in [0.3, 0.4) is 0 Å². The second kappa shape index (κ2) is 5.10. The van der Waals surface area contributed by atoms with Crippen molar-refractivity contribution in [2.24, 2.45) is 5.73 Å². The Morgan fingerprint density at radius 2 is 1.94 bits per heavy atom. The third-order valence-corrected chi connectivity index (χ3v) is 2.26. The van der Waals surface area contributed by atoms with Gasteiger partial charge in [0.15, 0.2) is 11.6 Å². The van der Waals surface area contributed by atoms with E-state index in [1.54, 1.807) is 0 Å². The van der Waals surface area contributed by atoms with Gasteiger partial charge in [-0.1, -0.05) is 17.7 Å². The largest absolute Gasteiger partial charge is 0.476 e. The van der Waals surface area contributed by atoms with E-state index in [0.717, 1.165) is 13.0 Å². The van der Waals surface area contributed by atoms with E-state index in [9.17, 15) is 17.6 Å². The van der Waals surface area contributed by atoms with Gasteiger partial charge in [-0.15, -0.1) is 0 Å². The number of halogens is 5. The molecule has 2 unspecified atom stereocenters. The smallest absolute Gasteiger partial charge is 0.426 e. The van der Waals surface area contributed by atoms with Gasteiger partial charge in [-0.3, -0.25) is 0 Å². The van der Waals surface area contributed by atoms with Crippen LogP contribution in [0.25, 0.3) is 0 Å². The van der Waals surface area contributed by atoms with E-state index in [4.69, 9.17) is 17.3 Å². The maximum atomic E-state index is 13.3. The first-order valence-electron chi connectivity index (χ1n) is 4.66. The Bertz CT molecular complexity index is 394. The summed E-state index contributed by atoms with van der Waals surface area (Å²) in [5, 5.41) is -0.312. The third-order valence-electron chi connectivity index (χ3n) is 1.97. The van der Waals surface area contributed by atoms with Gasteiger partial charge in [0.1, 0.15) is 0 Å². The second-order valence-electron chi connectivity index (χ2n) is 3.49. The Labute approximate surface area is 100 Å². The van der Waals surface area contributed by atoms with E-state index >= 15 is 0 Å². The zero-order valence-corrected chi connectivity index (χ0v) is 9.52. The molecule has 1 aromatic carbocycles. The maximum absolute atomic E-state index is 13.3. The van der Waals surface area contributed by atoms with Crippen LogP contribution in [0.15, 0.2) is 18.2 Å². The highest BCUT2D eigenvalue weighted by Gasteiger charge is 2.44. The molecule has 7 heteroatoms. The molecule has 0 aliphatic carbocycles. The van der Waals surface area contributed by atoms with E-state index in [2.05, 4.69) is 4.74 Å². The number of hydrogen-bond acceptors (Lipinski definition) is 2. The molecule has 0 amide bonds. The summed E-state index contributed by atoms with van der Waals surface area (Å²) in [7, 11) is 0. The van der Waals surface area contributed by atoms with Crippen LogP contribution in [-0.4, -0.2) is 18.3 Å². The molecule has 2 atom stereocenters. The normalized spacial score (nSPS) is 15.5. The van der Waals surface area contributed by atoms with Crippen LogP contribution < -0.4 is 10.5 Å². The molecule has 1 rings (SSSR count). The fraction of sp³-hybridized carbons (Fsp3) is 0.400. The topological polar surface area (TPSA) is 35.2 Å². The molecule has 0 aliphatic rings. The van der Waals surface area contributed by atoms with Crippen LogP contribution in [0, 0.1) is 5.82 Å². The zero-order chi connectivity index (χ0) is 13.2. The van der Waals surface area contributed by atoms with E-state index in [1.165, 1.54) is 12.1 Å². The Kier molecular flexibility index (Phi) is 4.21. The summed E-state index contributed by atoms with van der Waals surface area (Å²) in [6.45, 7) is 1.13. The van der Waals surface area contributed by atoms with Crippen molar-refractivity contribution >= 4 is 11.6 Å². The number of rotatable bonds is 3. The standard InChI is InChI=1S/C10H10ClF4NO/c1-5(16)9(10(13,14)15)17-7-4-2-3-6(11)8(7)12/h2-5,9H,16H2,1H3. The third kappa shape index (κ3) is 3.47. The molecule has 17 heavy (non-hydrogen) atoms. The van der Waals surface area contributed by atoms with Crippen LogP contribution >= 0.6 is 11.6 Å². The lowest BCUT2D eigenvalue weighted by molar-refractivity contribution is -0.199. The van der Waals surface area contributed by atoms with Gasteiger partial charge in [-0.05, 0) is 19.1 Å². The molecule has 0 saturated carbocycles. The van der Waals surface area contributed by atoms with Crippen molar-refractivity contribution in [2.45, 2.75) is 25.2 Å². The number of nitrogens with two attached hydrogens (primary N) is 1. The molecule has 0 fully saturated rings. The van der Waals surface area contributed by atoms with Gasteiger partial charge < -0.3 is 10.5 Å². The summed E-state index contributed by atoms with van der Waals surface area (Å²) in [5.41, 5.74) is 5.16. The molecule has 0 aliphatic heterocycles. The van der Waals surface area contributed by atoms with Crippen LogP contribution in [0.2, 0.25) is 5.02 Å². The van der Waals surface area contributed by atoms with E-state index < -0.39 is 29.9 Å². The summed E-state index contributed by atoms with van der Waals surface area (Å²) < 4.78 is 55.5. The Morgan fingerprint density at radius 3 is 2.41 bits per heavy atom. The molecule has 96 valence electrons. The molecule has 0 radical (unpaired) electrons. The average Bonchev–Trinajstić information content (AvgIpc) is 2.17. The highest BCUT2D eigenvalue weighted by atomic mass is 35.5. The number of benzene rings is 1. The molecule has 2 nitrogen and oxygen atoms in total. The van der Waals surface area contributed by atoms with Gasteiger partial charge in [-0.2, -0.15) is 13.2 Å². The van der Waals surface area contributed by atoms with Crippen molar-refractivity contribution in [2.75, 3.05) is 0 Å².